The van der Waals surface area contributed by atoms with Gasteiger partial charge in [-0.25, -0.2) is 0 Å². The van der Waals surface area contributed by atoms with Crippen LogP contribution < -0.4 is 10.6 Å². The maximum Gasteiger partial charge on any atom is 0.234 e. The van der Waals surface area contributed by atoms with Crippen molar-refractivity contribution in [3.05, 3.63) is 0 Å². The molecule has 0 saturated carbocycles. The average molecular weight is 168 g/mol. The minimum absolute atomic E-state index is 0.0473. The molecule has 0 aliphatic heterocycles. The second-order valence-electron chi connectivity index (χ2n) is 2.63. The molecule has 0 aromatic carbocycles. The number of amides is 1. The summed E-state index contributed by atoms with van der Waals surface area (Å²) in [4.78, 5) is 11.0. The Morgan fingerprint density at radius 3 is 2.83 bits per heavy atom. The minimum Gasteiger partial charge on any atom is -0.342 e. The summed E-state index contributed by atoms with van der Waals surface area (Å²) in [5.74, 6) is 2.38. The van der Waals surface area contributed by atoms with Gasteiger partial charge in [-0.2, -0.15) is 0 Å². The van der Waals surface area contributed by atoms with Gasteiger partial charge < -0.3 is 10.6 Å². The van der Waals surface area contributed by atoms with E-state index < -0.39 is 0 Å². The van der Waals surface area contributed by atoms with Gasteiger partial charge in [-0.15, -0.1) is 6.42 Å². The van der Waals surface area contributed by atoms with Crippen LogP contribution in [0.25, 0.3) is 0 Å². The molecule has 2 N–H and O–H groups in total. The molecule has 68 valence electrons. The predicted octanol–water partition coefficient (Wildman–Crippen LogP) is 0.124. The molecular formula is C9H16N2O. The third kappa shape index (κ3) is 5.75. The van der Waals surface area contributed by atoms with Gasteiger partial charge in [0.25, 0.3) is 0 Å². The van der Waals surface area contributed by atoms with Gasteiger partial charge >= 0.3 is 0 Å². The highest BCUT2D eigenvalue weighted by Gasteiger charge is 2.02. The molecule has 0 heterocycles. The summed E-state index contributed by atoms with van der Waals surface area (Å²) in [6, 6.07) is -0.180. The molecule has 12 heavy (non-hydrogen) atoms. The summed E-state index contributed by atoms with van der Waals surface area (Å²) >= 11 is 0. The monoisotopic (exact) mass is 168 g/mol. The largest absolute Gasteiger partial charge is 0.342 e. The fourth-order valence-corrected chi connectivity index (χ4v) is 0.713. The van der Waals surface area contributed by atoms with Crippen LogP contribution in [0.15, 0.2) is 0 Å². The van der Waals surface area contributed by atoms with Crippen LogP contribution in [0, 0.1) is 12.3 Å². The number of nitrogens with one attached hydrogen (secondary N) is 2. The zero-order valence-electron chi connectivity index (χ0n) is 7.68. The van der Waals surface area contributed by atoms with Crippen LogP contribution in [-0.4, -0.2) is 25.0 Å². The first-order chi connectivity index (χ1) is 5.70. The van der Waals surface area contributed by atoms with Gasteiger partial charge in [-0.1, -0.05) is 12.8 Å². The van der Waals surface area contributed by atoms with Crippen LogP contribution in [0.3, 0.4) is 0 Å². The van der Waals surface area contributed by atoms with Crippen molar-refractivity contribution < 1.29 is 4.79 Å². The SMILES string of the molecule is C#CC(C)NC(=O)CNCCC. The van der Waals surface area contributed by atoms with E-state index >= 15 is 0 Å². The van der Waals surface area contributed by atoms with E-state index in [4.69, 9.17) is 6.42 Å². The molecule has 1 amide bonds. The number of carbonyl (C=O) groups excluding carboxylic acids is 1. The second-order valence-corrected chi connectivity index (χ2v) is 2.63. The first-order valence-electron chi connectivity index (χ1n) is 4.17. The van der Waals surface area contributed by atoms with E-state index in [9.17, 15) is 4.79 Å². The quantitative estimate of drug-likeness (QED) is 0.452. The smallest absolute Gasteiger partial charge is 0.234 e. The average Bonchev–Trinajstić information content (AvgIpc) is 2.05. The molecule has 0 radical (unpaired) electrons. The first kappa shape index (κ1) is 11.0. The van der Waals surface area contributed by atoms with Gasteiger partial charge in [0.1, 0.15) is 0 Å². The maximum atomic E-state index is 11.0. The molecule has 1 unspecified atom stereocenters. The summed E-state index contributed by atoms with van der Waals surface area (Å²) in [7, 11) is 0. The molecule has 0 aliphatic rings. The lowest BCUT2D eigenvalue weighted by Crippen LogP contribution is -2.38. The van der Waals surface area contributed by atoms with E-state index in [0.29, 0.717) is 6.54 Å². The fraction of sp³-hybridized carbons (Fsp3) is 0.667. The topological polar surface area (TPSA) is 41.1 Å². The third-order valence-electron chi connectivity index (χ3n) is 1.34. The highest BCUT2D eigenvalue weighted by atomic mass is 16.1. The molecule has 0 saturated heterocycles. The van der Waals surface area contributed by atoms with Crippen LogP contribution in [0.1, 0.15) is 20.3 Å². The predicted molar refractivity (Wildman–Crippen MR) is 49.6 cm³/mol. The number of rotatable bonds is 5. The Labute approximate surface area is 73.9 Å². The lowest BCUT2D eigenvalue weighted by atomic mass is 10.3. The van der Waals surface area contributed by atoms with E-state index in [1.807, 2.05) is 0 Å². The van der Waals surface area contributed by atoms with Crippen molar-refractivity contribution in [3.63, 3.8) is 0 Å². The molecule has 1 atom stereocenters. The molecule has 0 rings (SSSR count). The summed E-state index contributed by atoms with van der Waals surface area (Å²) in [5, 5.41) is 5.63. The number of carbonyl (C=O) groups is 1. The van der Waals surface area contributed by atoms with Crippen LogP contribution in [0.4, 0.5) is 0 Å². The second kappa shape index (κ2) is 6.68. The van der Waals surface area contributed by atoms with E-state index in [0.717, 1.165) is 13.0 Å². The molecule has 0 aromatic heterocycles. The van der Waals surface area contributed by atoms with Gasteiger partial charge in [-0.05, 0) is 19.9 Å². The number of hydrogen-bond donors (Lipinski definition) is 2. The highest BCUT2D eigenvalue weighted by molar-refractivity contribution is 5.78. The van der Waals surface area contributed by atoms with Crippen LogP contribution in [-0.2, 0) is 4.79 Å². The molecule has 3 nitrogen and oxygen atoms in total. The Kier molecular flexibility index (Phi) is 6.12. The highest BCUT2D eigenvalue weighted by Crippen LogP contribution is 1.76. The van der Waals surface area contributed by atoms with E-state index in [-0.39, 0.29) is 11.9 Å². The standard InChI is InChI=1S/C9H16N2O/c1-4-6-10-7-9(12)11-8(3)5-2/h2,8,10H,4,6-7H2,1,3H3,(H,11,12). The van der Waals surface area contributed by atoms with E-state index in [1.54, 1.807) is 6.92 Å². The maximum absolute atomic E-state index is 11.0. The van der Waals surface area contributed by atoms with Crippen LogP contribution in [0.5, 0.6) is 0 Å². The van der Waals surface area contributed by atoms with Crippen molar-refractivity contribution >= 4 is 5.91 Å². The molecule has 0 aliphatic carbocycles. The third-order valence-corrected chi connectivity index (χ3v) is 1.34. The van der Waals surface area contributed by atoms with Gasteiger partial charge in [0, 0.05) is 0 Å². The molecule has 3 heteroatoms. The summed E-state index contributed by atoms with van der Waals surface area (Å²) < 4.78 is 0. The molecular weight excluding hydrogens is 152 g/mol. The number of terminal acetylenes is 1. The van der Waals surface area contributed by atoms with Crippen LogP contribution >= 0.6 is 0 Å². The van der Waals surface area contributed by atoms with Gasteiger partial charge in [-0.3, -0.25) is 4.79 Å². The summed E-state index contributed by atoms with van der Waals surface area (Å²) in [6.45, 7) is 5.03. The van der Waals surface area contributed by atoms with E-state index in [1.165, 1.54) is 0 Å². The first-order valence-corrected chi connectivity index (χ1v) is 4.17. The lowest BCUT2D eigenvalue weighted by Gasteiger charge is -2.07. The molecule has 0 bridgehead atoms. The fourth-order valence-electron chi connectivity index (χ4n) is 0.713. The summed E-state index contributed by atoms with van der Waals surface area (Å²) in [5.41, 5.74) is 0. The van der Waals surface area contributed by atoms with Crippen molar-refractivity contribution in [2.24, 2.45) is 0 Å². The van der Waals surface area contributed by atoms with Crippen molar-refractivity contribution in [2.75, 3.05) is 13.1 Å². The van der Waals surface area contributed by atoms with Gasteiger partial charge in [0.05, 0.1) is 12.6 Å². The normalized spacial score (nSPS) is 11.8. The Bertz CT molecular complexity index is 172. The lowest BCUT2D eigenvalue weighted by molar-refractivity contribution is -0.120. The molecule has 0 fully saturated rings. The van der Waals surface area contributed by atoms with Crippen molar-refractivity contribution in [1.29, 1.82) is 0 Å². The van der Waals surface area contributed by atoms with E-state index in [2.05, 4.69) is 23.5 Å². The molecule has 0 aromatic rings. The van der Waals surface area contributed by atoms with Crippen LogP contribution in [0.2, 0.25) is 0 Å². The Morgan fingerprint density at radius 2 is 2.33 bits per heavy atom. The summed E-state index contributed by atoms with van der Waals surface area (Å²) in [6.07, 6.45) is 6.12. The Balaban J connectivity index is 3.41. The zero-order valence-corrected chi connectivity index (χ0v) is 7.68. The Hall–Kier alpha value is -1.01. The van der Waals surface area contributed by atoms with Crippen molar-refractivity contribution in [1.82, 2.24) is 10.6 Å². The van der Waals surface area contributed by atoms with Crippen molar-refractivity contribution in [3.8, 4) is 12.3 Å². The molecule has 0 spiro atoms. The van der Waals surface area contributed by atoms with Crippen molar-refractivity contribution in [2.45, 2.75) is 26.3 Å². The number of hydrogen-bond acceptors (Lipinski definition) is 2. The van der Waals surface area contributed by atoms with Gasteiger partial charge in [0.15, 0.2) is 0 Å². The Morgan fingerprint density at radius 1 is 1.67 bits per heavy atom. The minimum atomic E-state index is -0.180. The van der Waals surface area contributed by atoms with Gasteiger partial charge in [0.2, 0.25) is 5.91 Å². The zero-order chi connectivity index (χ0) is 9.40.